The smallest absolute Gasteiger partial charge is 0.232 e. The fourth-order valence-electron chi connectivity index (χ4n) is 2.74. The van der Waals surface area contributed by atoms with Crippen molar-refractivity contribution < 1.29 is 9.53 Å². The number of hydrogen-bond donors (Lipinski definition) is 2. The molecule has 9 heteroatoms. The average Bonchev–Trinajstić information content (AvgIpc) is 2.54. The van der Waals surface area contributed by atoms with E-state index in [0.717, 1.165) is 13.1 Å². The monoisotopic (exact) mass is 431 g/mol. The number of hydrogen-bond acceptors (Lipinski definition) is 4. The van der Waals surface area contributed by atoms with Crippen LogP contribution in [-0.2, 0) is 4.79 Å². The molecule has 2 rings (SSSR count). The molecule has 1 aliphatic rings. The Morgan fingerprint density at radius 1 is 1.48 bits per heavy atom. The van der Waals surface area contributed by atoms with Gasteiger partial charge in [-0.3, -0.25) is 4.79 Å². The van der Waals surface area contributed by atoms with Crippen molar-refractivity contribution in [3.8, 4) is 5.88 Å². The van der Waals surface area contributed by atoms with E-state index >= 15 is 0 Å². The zero-order valence-corrected chi connectivity index (χ0v) is 17.2. The predicted molar refractivity (Wildman–Crippen MR) is 107 cm³/mol. The molecule has 1 aromatic heterocycles. The molecule has 0 aromatic carbocycles. The SMILES string of the molecule is CC(CC(=O)NCCOc1ncc(Cl)cc1Cl)C1CCCNC1.Cl.Cl. The second-order valence-electron chi connectivity index (χ2n) is 5.93. The standard InChI is InChI=1S/C16H23Cl2N3O2.2ClH/c1-11(12-3-2-4-19-9-12)7-15(22)20-5-6-23-16-14(18)8-13(17)10-21-16;;/h8,10-12,19H,2-7,9H2,1H3,(H,20,22);2*1H. The maximum atomic E-state index is 12.0. The second kappa shape index (κ2) is 12.8. The summed E-state index contributed by atoms with van der Waals surface area (Å²) in [5.74, 6) is 1.35. The van der Waals surface area contributed by atoms with E-state index < -0.39 is 0 Å². The lowest BCUT2D eigenvalue weighted by Gasteiger charge is -2.28. The molecule has 25 heavy (non-hydrogen) atoms. The Kier molecular flexibility index (Phi) is 12.6. The van der Waals surface area contributed by atoms with Crippen molar-refractivity contribution in [2.45, 2.75) is 26.2 Å². The van der Waals surface area contributed by atoms with Crippen LogP contribution < -0.4 is 15.4 Å². The van der Waals surface area contributed by atoms with Crippen LogP contribution >= 0.6 is 48.0 Å². The van der Waals surface area contributed by atoms with E-state index in [4.69, 9.17) is 27.9 Å². The number of pyridine rings is 1. The molecule has 144 valence electrons. The van der Waals surface area contributed by atoms with E-state index in [1.807, 2.05) is 0 Å². The number of amides is 1. The first kappa shape index (κ1) is 24.5. The lowest BCUT2D eigenvalue weighted by atomic mass is 9.85. The minimum atomic E-state index is 0. The molecule has 1 saturated heterocycles. The topological polar surface area (TPSA) is 63.2 Å². The number of ether oxygens (including phenoxy) is 1. The third-order valence-electron chi connectivity index (χ3n) is 4.08. The molecule has 1 amide bonds. The maximum Gasteiger partial charge on any atom is 0.232 e. The molecule has 2 heterocycles. The number of halogens is 4. The van der Waals surface area contributed by atoms with Crippen LogP contribution in [0.25, 0.3) is 0 Å². The minimum Gasteiger partial charge on any atom is -0.475 e. The molecule has 5 nitrogen and oxygen atoms in total. The highest BCUT2D eigenvalue weighted by Crippen LogP contribution is 2.24. The zero-order chi connectivity index (χ0) is 16.7. The van der Waals surface area contributed by atoms with Gasteiger partial charge in [0.25, 0.3) is 0 Å². The Balaban J connectivity index is 0.00000288. The molecule has 1 aromatic rings. The number of nitrogens with zero attached hydrogens (tertiary/aromatic N) is 1. The summed E-state index contributed by atoms with van der Waals surface area (Å²) in [5.41, 5.74) is 0. The molecule has 0 spiro atoms. The molecule has 2 N–H and O–H groups in total. The Hall–Kier alpha value is -0.460. The van der Waals surface area contributed by atoms with Gasteiger partial charge < -0.3 is 15.4 Å². The highest BCUT2D eigenvalue weighted by molar-refractivity contribution is 6.35. The van der Waals surface area contributed by atoms with Crippen molar-refractivity contribution >= 4 is 53.9 Å². The average molecular weight is 433 g/mol. The van der Waals surface area contributed by atoms with Crippen molar-refractivity contribution in [3.63, 3.8) is 0 Å². The largest absolute Gasteiger partial charge is 0.475 e. The quantitative estimate of drug-likeness (QED) is 0.644. The predicted octanol–water partition coefficient (Wildman–Crippen LogP) is 3.75. The van der Waals surface area contributed by atoms with E-state index in [9.17, 15) is 4.79 Å². The van der Waals surface area contributed by atoms with Gasteiger partial charge >= 0.3 is 0 Å². The molecule has 2 atom stereocenters. The second-order valence-corrected chi connectivity index (χ2v) is 6.77. The van der Waals surface area contributed by atoms with Gasteiger partial charge in [-0.25, -0.2) is 4.98 Å². The van der Waals surface area contributed by atoms with Gasteiger partial charge in [0, 0.05) is 12.6 Å². The highest BCUT2D eigenvalue weighted by atomic mass is 35.5. The number of piperidine rings is 1. The van der Waals surface area contributed by atoms with Gasteiger partial charge in [0.15, 0.2) is 0 Å². The Bertz CT molecular complexity index is 528. The first-order valence-corrected chi connectivity index (χ1v) is 8.73. The summed E-state index contributed by atoms with van der Waals surface area (Å²) in [6.45, 7) is 4.99. The summed E-state index contributed by atoms with van der Waals surface area (Å²) in [7, 11) is 0. The maximum absolute atomic E-state index is 12.0. The van der Waals surface area contributed by atoms with Gasteiger partial charge in [0.1, 0.15) is 11.6 Å². The Labute approximate surface area is 171 Å². The van der Waals surface area contributed by atoms with E-state index in [2.05, 4.69) is 22.5 Å². The lowest BCUT2D eigenvalue weighted by molar-refractivity contribution is -0.122. The number of nitrogens with one attached hydrogen (secondary N) is 2. The van der Waals surface area contributed by atoms with Gasteiger partial charge in [-0.1, -0.05) is 30.1 Å². The summed E-state index contributed by atoms with van der Waals surface area (Å²) >= 11 is 11.7. The first-order valence-electron chi connectivity index (χ1n) is 7.97. The van der Waals surface area contributed by atoms with Crippen LogP contribution in [-0.4, -0.2) is 37.1 Å². The third-order valence-corrected chi connectivity index (χ3v) is 4.56. The van der Waals surface area contributed by atoms with Gasteiger partial charge in [-0.2, -0.15) is 0 Å². The van der Waals surface area contributed by atoms with Crippen molar-refractivity contribution in [2.75, 3.05) is 26.2 Å². The lowest BCUT2D eigenvalue weighted by Crippen LogP contribution is -2.36. The molecular weight excluding hydrogens is 408 g/mol. The molecule has 1 aliphatic heterocycles. The fraction of sp³-hybridized carbons (Fsp3) is 0.625. The highest BCUT2D eigenvalue weighted by Gasteiger charge is 2.21. The Morgan fingerprint density at radius 3 is 2.88 bits per heavy atom. The van der Waals surface area contributed by atoms with Crippen LogP contribution in [0.15, 0.2) is 12.3 Å². The molecule has 0 aliphatic carbocycles. The number of carbonyl (C=O) groups is 1. The van der Waals surface area contributed by atoms with Crippen LogP contribution in [0.2, 0.25) is 10.0 Å². The van der Waals surface area contributed by atoms with E-state index in [-0.39, 0.29) is 30.7 Å². The van der Waals surface area contributed by atoms with Crippen LogP contribution in [0.3, 0.4) is 0 Å². The van der Waals surface area contributed by atoms with Gasteiger partial charge in [0.2, 0.25) is 11.8 Å². The summed E-state index contributed by atoms with van der Waals surface area (Å²) in [6, 6.07) is 1.57. The molecule has 2 unspecified atom stereocenters. The van der Waals surface area contributed by atoms with Crippen molar-refractivity contribution in [1.82, 2.24) is 15.6 Å². The van der Waals surface area contributed by atoms with Crippen molar-refractivity contribution in [3.05, 3.63) is 22.3 Å². The van der Waals surface area contributed by atoms with Crippen LogP contribution in [0, 0.1) is 11.8 Å². The number of carbonyl (C=O) groups excluding carboxylic acids is 1. The van der Waals surface area contributed by atoms with Gasteiger partial charge in [-0.15, -0.1) is 24.8 Å². The van der Waals surface area contributed by atoms with Gasteiger partial charge in [0.05, 0.1) is 11.6 Å². The van der Waals surface area contributed by atoms with E-state index in [1.165, 1.54) is 19.0 Å². The third kappa shape index (κ3) is 8.65. The fourth-order valence-corrected chi connectivity index (χ4v) is 3.18. The normalized spacial score (nSPS) is 17.6. The molecule has 0 radical (unpaired) electrons. The summed E-state index contributed by atoms with van der Waals surface area (Å²) in [6.07, 6.45) is 4.41. The van der Waals surface area contributed by atoms with E-state index in [0.29, 0.717) is 47.3 Å². The molecular formula is C16H25Cl4N3O2. The van der Waals surface area contributed by atoms with Crippen molar-refractivity contribution in [2.24, 2.45) is 11.8 Å². The van der Waals surface area contributed by atoms with Crippen LogP contribution in [0.1, 0.15) is 26.2 Å². The summed E-state index contributed by atoms with van der Waals surface area (Å²) < 4.78 is 5.44. The van der Waals surface area contributed by atoms with Crippen molar-refractivity contribution in [1.29, 1.82) is 0 Å². The molecule has 1 fully saturated rings. The summed E-state index contributed by atoms with van der Waals surface area (Å²) in [5, 5.41) is 7.08. The Morgan fingerprint density at radius 2 is 2.24 bits per heavy atom. The summed E-state index contributed by atoms with van der Waals surface area (Å²) in [4.78, 5) is 16.0. The minimum absolute atomic E-state index is 0. The first-order chi connectivity index (χ1) is 11.1. The van der Waals surface area contributed by atoms with Gasteiger partial charge in [-0.05, 0) is 43.8 Å². The van der Waals surface area contributed by atoms with E-state index in [1.54, 1.807) is 6.07 Å². The zero-order valence-electron chi connectivity index (χ0n) is 14.1. The molecule has 0 saturated carbocycles. The number of aromatic nitrogens is 1. The number of rotatable bonds is 7. The van der Waals surface area contributed by atoms with Crippen LogP contribution in [0.4, 0.5) is 0 Å². The molecule has 0 bridgehead atoms. The van der Waals surface area contributed by atoms with Crippen LogP contribution in [0.5, 0.6) is 5.88 Å².